The Balaban J connectivity index is 1.28. The van der Waals surface area contributed by atoms with Gasteiger partial charge in [-0.3, -0.25) is 19.4 Å². The van der Waals surface area contributed by atoms with E-state index in [1.54, 1.807) is 0 Å². The number of rotatable bonds is 10. The van der Waals surface area contributed by atoms with E-state index < -0.39 is 40.7 Å². The number of piperazine rings is 1. The van der Waals surface area contributed by atoms with Crippen molar-refractivity contribution in [3.63, 3.8) is 0 Å². The van der Waals surface area contributed by atoms with E-state index in [9.17, 15) is 27.2 Å². The molecule has 16 heteroatoms. The van der Waals surface area contributed by atoms with E-state index in [0.29, 0.717) is 55.7 Å². The highest BCUT2D eigenvalue weighted by Gasteiger charge is 2.38. The largest absolute Gasteiger partial charge is 0.493 e. The number of alkyl halides is 3. The maximum Gasteiger partial charge on any atom is 0.420 e. The molecule has 0 radical (unpaired) electrons. The monoisotopic (exact) mass is 653 g/mol. The molecule has 4 heterocycles. The summed E-state index contributed by atoms with van der Waals surface area (Å²) < 4.78 is 61.1. The summed E-state index contributed by atoms with van der Waals surface area (Å²) >= 11 is 1.25. The molecule has 0 saturated carbocycles. The number of carbonyl (C=O) groups excluding carboxylic acids is 1. The van der Waals surface area contributed by atoms with Crippen molar-refractivity contribution in [2.45, 2.75) is 43.9 Å². The first kappa shape index (κ1) is 32.8. The number of anilines is 1. The molecule has 3 aliphatic rings. The molecular weight excluding hydrogens is 618 g/mol. The molecule has 5 rings (SSSR count). The first-order valence-electron chi connectivity index (χ1n) is 14.6. The molecule has 1 aromatic carbocycles. The van der Waals surface area contributed by atoms with Crippen molar-refractivity contribution in [3.8, 4) is 5.75 Å². The zero-order chi connectivity index (χ0) is 32.3. The molecule has 1 amide bonds. The summed E-state index contributed by atoms with van der Waals surface area (Å²) in [6.07, 6.45) is 0.0813. The molecule has 0 bridgehead atoms. The van der Waals surface area contributed by atoms with Crippen LogP contribution in [0, 0.1) is 5.82 Å². The van der Waals surface area contributed by atoms with Crippen molar-refractivity contribution in [2.24, 2.45) is 0 Å². The summed E-state index contributed by atoms with van der Waals surface area (Å²) in [6, 6.07) is 2.14. The number of aliphatic carboxylic acids is 1. The number of nitrogens with zero attached hydrogens (tertiary/aromatic N) is 5. The Kier molecular flexibility index (Phi) is 10.0. The third-order valence-electron chi connectivity index (χ3n) is 8.16. The van der Waals surface area contributed by atoms with Crippen molar-refractivity contribution < 1.29 is 37.0 Å². The second-order valence-electron chi connectivity index (χ2n) is 11.1. The smallest absolute Gasteiger partial charge is 0.420 e. The summed E-state index contributed by atoms with van der Waals surface area (Å²) in [6.45, 7) is 6.43. The minimum Gasteiger partial charge on any atom is -0.493 e. The van der Waals surface area contributed by atoms with Gasteiger partial charge < -0.3 is 25.4 Å². The van der Waals surface area contributed by atoms with Gasteiger partial charge in [-0.05, 0) is 38.4 Å². The molecular formula is C29H35F4N7O4S. The number of hydrogen-bond acceptors (Lipinski definition) is 10. The predicted molar refractivity (Wildman–Crippen MR) is 160 cm³/mol. The Hall–Kier alpha value is -3.63. The fourth-order valence-electron chi connectivity index (χ4n) is 5.69. The molecule has 0 spiro atoms. The van der Waals surface area contributed by atoms with Crippen LogP contribution in [0.2, 0.25) is 0 Å². The SMILES string of the molecule is COc1c(F)cc(C2=C(CN3CCC[C@H]3C)SC(NC(=O)c3cnc(N4CCN(CCC(=O)O)CC4)cn3)N2)cc1C(F)(F)F. The quantitative estimate of drug-likeness (QED) is 0.327. The lowest BCUT2D eigenvalue weighted by atomic mass is 10.0. The molecule has 45 heavy (non-hydrogen) atoms. The van der Waals surface area contributed by atoms with Gasteiger partial charge in [0.1, 0.15) is 17.1 Å². The van der Waals surface area contributed by atoms with Gasteiger partial charge in [0.25, 0.3) is 5.91 Å². The lowest BCUT2D eigenvalue weighted by molar-refractivity contribution is -0.139. The third-order valence-corrected chi connectivity index (χ3v) is 9.25. The molecule has 2 aromatic rings. The van der Waals surface area contributed by atoms with Crippen molar-refractivity contribution >= 4 is 35.2 Å². The normalized spacial score (nSPS) is 21.2. The van der Waals surface area contributed by atoms with Crippen molar-refractivity contribution in [1.29, 1.82) is 0 Å². The van der Waals surface area contributed by atoms with Gasteiger partial charge in [0, 0.05) is 55.8 Å². The van der Waals surface area contributed by atoms with E-state index in [1.165, 1.54) is 24.2 Å². The number of thioether (sulfide) groups is 1. The molecule has 11 nitrogen and oxygen atoms in total. The summed E-state index contributed by atoms with van der Waals surface area (Å²) in [7, 11) is 0.989. The highest BCUT2D eigenvalue weighted by Crippen LogP contribution is 2.42. The molecule has 1 unspecified atom stereocenters. The Morgan fingerprint density at radius 2 is 1.91 bits per heavy atom. The summed E-state index contributed by atoms with van der Waals surface area (Å²) in [5, 5.41) is 14.8. The van der Waals surface area contributed by atoms with Crippen molar-refractivity contribution in [1.82, 2.24) is 30.4 Å². The van der Waals surface area contributed by atoms with E-state index in [4.69, 9.17) is 9.84 Å². The zero-order valence-corrected chi connectivity index (χ0v) is 25.7. The van der Waals surface area contributed by atoms with Crippen LogP contribution in [0.25, 0.3) is 5.70 Å². The number of halogens is 4. The number of carbonyl (C=O) groups is 2. The average molecular weight is 654 g/mol. The standard InChI is InChI=1S/C29H35F4N7O4S/c1-17-4-3-6-40(17)16-22-25(18-12-19(29(31,32)33)26(44-2)20(30)13-18)36-28(45-22)37-27(43)21-14-35-23(15-34-21)39-10-8-38(9-11-39)7-5-24(41)42/h12-15,17,28,36H,3-11,16H2,1-2H3,(H,37,43)(H,41,42)/t17-,28?/m1/s1. The first-order chi connectivity index (χ1) is 21.4. The van der Waals surface area contributed by atoms with Gasteiger partial charge in [0.15, 0.2) is 17.1 Å². The van der Waals surface area contributed by atoms with Crippen LogP contribution in [0.5, 0.6) is 5.75 Å². The molecule has 2 fully saturated rings. The fourth-order valence-corrected chi connectivity index (χ4v) is 6.85. The molecule has 2 saturated heterocycles. The minimum atomic E-state index is -4.84. The zero-order valence-electron chi connectivity index (χ0n) is 24.9. The number of carboxylic acid groups (broad SMARTS) is 1. The highest BCUT2D eigenvalue weighted by atomic mass is 32.2. The summed E-state index contributed by atoms with van der Waals surface area (Å²) in [5.74, 6) is -2.80. The number of likely N-dealkylation sites (tertiary alicyclic amines) is 1. The summed E-state index contributed by atoms with van der Waals surface area (Å²) in [5.41, 5.74) is -1.61. The van der Waals surface area contributed by atoms with Crippen LogP contribution in [-0.2, 0) is 11.0 Å². The maximum atomic E-state index is 14.9. The van der Waals surface area contributed by atoms with Crippen LogP contribution in [0.1, 0.15) is 47.8 Å². The highest BCUT2D eigenvalue weighted by molar-refractivity contribution is 8.04. The van der Waals surface area contributed by atoms with Crippen LogP contribution < -0.4 is 20.3 Å². The molecule has 3 aliphatic heterocycles. The van der Waals surface area contributed by atoms with E-state index in [0.717, 1.165) is 38.6 Å². The number of aromatic nitrogens is 2. The van der Waals surface area contributed by atoms with Gasteiger partial charge in [-0.25, -0.2) is 14.4 Å². The van der Waals surface area contributed by atoms with E-state index in [1.807, 2.05) is 4.90 Å². The maximum absolute atomic E-state index is 14.9. The second kappa shape index (κ2) is 13.8. The van der Waals surface area contributed by atoms with Gasteiger partial charge in [0.05, 0.1) is 31.6 Å². The number of amides is 1. The number of ether oxygens (including phenoxy) is 1. The minimum absolute atomic E-state index is 0.000995. The Bertz CT molecular complexity index is 1430. The molecule has 244 valence electrons. The number of benzene rings is 1. The average Bonchev–Trinajstić information content (AvgIpc) is 3.60. The second-order valence-corrected chi connectivity index (χ2v) is 12.3. The van der Waals surface area contributed by atoms with E-state index >= 15 is 0 Å². The number of nitrogens with one attached hydrogen (secondary N) is 2. The Morgan fingerprint density at radius 1 is 1.16 bits per heavy atom. The van der Waals surface area contributed by atoms with Crippen LogP contribution in [0.3, 0.4) is 0 Å². The van der Waals surface area contributed by atoms with E-state index in [-0.39, 0.29) is 23.7 Å². The third kappa shape index (κ3) is 7.79. The number of hydrogen-bond donors (Lipinski definition) is 3. The topological polar surface area (TPSA) is 123 Å². The van der Waals surface area contributed by atoms with Gasteiger partial charge in [-0.15, -0.1) is 0 Å². The number of methoxy groups -OCH3 is 1. The lowest BCUT2D eigenvalue weighted by Gasteiger charge is -2.34. The van der Waals surface area contributed by atoms with E-state index in [2.05, 4.69) is 37.3 Å². The van der Waals surface area contributed by atoms with Crippen molar-refractivity contribution in [2.75, 3.05) is 57.8 Å². The Morgan fingerprint density at radius 3 is 2.51 bits per heavy atom. The fraction of sp³-hybridized carbons (Fsp3) is 0.517. The van der Waals surface area contributed by atoms with Gasteiger partial charge in [-0.1, -0.05) is 11.8 Å². The van der Waals surface area contributed by atoms with Gasteiger partial charge >= 0.3 is 12.1 Å². The molecule has 3 N–H and O–H groups in total. The van der Waals surface area contributed by atoms with Crippen LogP contribution in [0.15, 0.2) is 29.4 Å². The van der Waals surface area contributed by atoms with Crippen LogP contribution in [0.4, 0.5) is 23.4 Å². The lowest BCUT2D eigenvalue weighted by Crippen LogP contribution is -2.47. The molecule has 1 aromatic heterocycles. The Labute approximate surface area is 262 Å². The molecule has 2 atom stereocenters. The first-order valence-corrected chi connectivity index (χ1v) is 15.5. The number of carboxylic acids is 1. The summed E-state index contributed by atoms with van der Waals surface area (Å²) in [4.78, 5) is 39.6. The predicted octanol–water partition coefficient (Wildman–Crippen LogP) is 3.44. The van der Waals surface area contributed by atoms with Crippen LogP contribution >= 0.6 is 11.8 Å². The van der Waals surface area contributed by atoms with Gasteiger partial charge in [-0.2, -0.15) is 13.2 Å². The molecule has 0 aliphatic carbocycles. The van der Waals surface area contributed by atoms with Crippen molar-refractivity contribution in [3.05, 3.63) is 52.1 Å². The van der Waals surface area contributed by atoms with Crippen LogP contribution in [-0.4, -0.2) is 101 Å². The van der Waals surface area contributed by atoms with Gasteiger partial charge in [0.2, 0.25) is 0 Å².